The standard InChI is InChI=1S/C13H21N3/c14-10-13-9-12(5-6-15-13)11-16-7-3-1-2-4-8-16/h5-6,9H,1-4,7-8,10-11,14H2. The van der Waals surface area contributed by atoms with Crippen LogP contribution in [0.5, 0.6) is 0 Å². The molecule has 0 saturated carbocycles. The van der Waals surface area contributed by atoms with Crippen molar-refractivity contribution in [1.82, 2.24) is 9.88 Å². The van der Waals surface area contributed by atoms with Crippen LogP contribution in [0.2, 0.25) is 0 Å². The summed E-state index contributed by atoms with van der Waals surface area (Å²) in [5, 5.41) is 0. The Morgan fingerprint density at radius 2 is 1.94 bits per heavy atom. The van der Waals surface area contributed by atoms with Crippen LogP contribution in [0.4, 0.5) is 0 Å². The van der Waals surface area contributed by atoms with Crippen molar-refractivity contribution in [2.24, 2.45) is 5.73 Å². The fourth-order valence-corrected chi connectivity index (χ4v) is 2.29. The zero-order valence-corrected chi connectivity index (χ0v) is 9.86. The van der Waals surface area contributed by atoms with E-state index in [0.29, 0.717) is 6.54 Å². The predicted octanol–water partition coefficient (Wildman–Crippen LogP) is 1.92. The van der Waals surface area contributed by atoms with E-state index >= 15 is 0 Å². The van der Waals surface area contributed by atoms with E-state index in [0.717, 1.165) is 12.2 Å². The first-order valence-corrected chi connectivity index (χ1v) is 6.25. The Morgan fingerprint density at radius 1 is 1.19 bits per heavy atom. The zero-order chi connectivity index (χ0) is 11.2. The summed E-state index contributed by atoms with van der Waals surface area (Å²) in [5.41, 5.74) is 7.94. The fraction of sp³-hybridized carbons (Fsp3) is 0.615. The van der Waals surface area contributed by atoms with Crippen LogP contribution in [0.1, 0.15) is 36.9 Å². The summed E-state index contributed by atoms with van der Waals surface area (Å²) in [5.74, 6) is 0. The van der Waals surface area contributed by atoms with E-state index in [4.69, 9.17) is 5.73 Å². The minimum atomic E-state index is 0.536. The van der Waals surface area contributed by atoms with Gasteiger partial charge < -0.3 is 5.73 Å². The normalized spacial score (nSPS) is 18.3. The lowest BCUT2D eigenvalue weighted by molar-refractivity contribution is 0.277. The SMILES string of the molecule is NCc1cc(CN2CCCCCC2)ccn1. The summed E-state index contributed by atoms with van der Waals surface area (Å²) in [6.45, 7) is 4.06. The second-order valence-electron chi connectivity index (χ2n) is 4.55. The van der Waals surface area contributed by atoms with Crippen molar-refractivity contribution in [3.8, 4) is 0 Å². The van der Waals surface area contributed by atoms with Gasteiger partial charge in [-0.3, -0.25) is 9.88 Å². The van der Waals surface area contributed by atoms with Gasteiger partial charge in [0, 0.05) is 19.3 Å². The van der Waals surface area contributed by atoms with Crippen LogP contribution in [0.15, 0.2) is 18.3 Å². The predicted molar refractivity (Wildman–Crippen MR) is 65.9 cm³/mol. The first-order chi connectivity index (χ1) is 7.88. The Labute approximate surface area is 97.7 Å². The van der Waals surface area contributed by atoms with Gasteiger partial charge in [0.15, 0.2) is 0 Å². The molecule has 3 nitrogen and oxygen atoms in total. The fourth-order valence-electron chi connectivity index (χ4n) is 2.29. The van der Waals surface area contributed by atoms with Crippen molar-refractivity contribution in [3.63, 3.8) is 0 Å². The molecule has 1 saturated heterocycles. The quantitative estimate of drug-likeness (QED) is 0.844. The van der Waals surface area contributed by atoms with Crippen LogP contribution in [-0.4, -0.2) is 23.0 Å². The molecule has 0 spiro atoms. The molecule has 0 aliphatic carbocycles. The second kappa shape index (κ2) is 5.97. The van der Waals surface area contributed by atoms with Crippen LogP contribution in [0.3, 0.4) is 0 Å². The van der Waals surface area contributed by atoms with Crippen molar-refractivity contribution in [2.75, 3.05) is 13.1 Å². The maximum atomic E-state index is 5.60. The van der Waals surface area contributed by atoms with Gasteiger partial charge in [-0.05, 0) is 43.6 Å². The van der Waals surface area contributed by atoms with E-state index in [1.54, 1.807) is 0 Å². The molecule has 1 aliphatic heterocycles. The molecule has 0 aromatic carbocycles. The van der Waals surface area contributed by atoms with Crippen LogP contribution in [-0.2, 0) is 13.1 Å². The van der Waals surface area contributed by atoms with Crippen molar-refractivity contribution < 1.29 is 0 Å². The lowest BCUT2D eigenvalue weighted by Gasteiger charge is -2.19. The Bertz CT molecular complexity index is 317. The van der Waals surface area contributed by atoms with Crippen molar-refractivity contribution >= 4 is 0 Å². The number of nitrogens with zero attached hydrogens (tertiary/aromatic N) is 2. The molecule has 1 aliphatic rings. The average molecular weight is 219 g/mol. The average Bonchev–Trinajstić information content (AvgIpc) is 2.58. The molecule has 2 rings (SSSR count). The van der Waals surface area contributed by atoms with E-state index in [-0.39, 0.29) is 0 Å². The Morgan fingerprint density at radius 3 is 2.62 bits per heavy atom. The molecule has 88 valence electrons. The van der Waals surface area contributed by atoms with Gasteiger partial charge in [-0.2, -0.15) is 0 Å². The molecule has 16 heavy (non-hydrogen) atoms. The Balaban J connectivity index is 1.96. The molecule has 1 fully saturated rings. The number of likely N-dealkylation sites (tertiary alicyclic amines) is 1. The van der Waals surface area contributed by atoms with E-state index in [2.05, 4.69) is 22.0 Å². The first-order valence-electron chi connectivity index (χ1n) is 6.25. The molecule has 3 heteroatoms. The van der Waals surface area contributed by atoms with Gasteiger partial charge in [-0.25, -0.2) is 0 Å². The third-order valence-corrected chi connectivity index (χ3v) is 3.19. The van der Waals surface area contributed by atoms with Crippen LogP contribution < -0.4 is 5.73 Å². The van der Waals surface area contributed by atoms with E-state index in [1.807, 2.05) is 6.20 Å². The molecule has 0 unspecified atom stereocenters. The number of rotatable bonds is 3. The van der Waals surface area contributed by atoms with Gasteiger partial charge in [0.1, 0.15) is 0 Å². The van der Waals surface area contributed by atoms with Gasteiger partial charge >= 0.3 is 0 Å². The topological polar surface area (TPSA) is 42.1 Å². The maximum Gasteiger partial charge on any atom is 0.0542 e. The molecule has 0 atom stereocenters. The largest absolute Gasteiger partial charge is 0.325 e. The van der Waals surface area contributed by atoms with Crippen LogP contribution >= 0.6 is 0 Å². The van der Waals surface area contributed by atoms with E-state index in [9.17, 15) is 0 Å². The highest BCUT2D eigenvalue weighted by Crippen LogP contribution is 2.13. The summed E-state index contributed by atoms with van der Waals surface area (Å²) in [6.07, 6.45) is 7.33. The van der Waals surface area contributed by atoms with Gasteiger partial charge in [-0.15, -0.1) is 0 Å². The third kappa shape index (κ3) is 3.29. The molecule has 1 aromatic rings. The smallest absolute Gasteiger partial charge is 0.0542 e. The van der Waals surface area contributed by atoms with Crippen molar-refractivity contribution in [2.45, 2.75) is 38.8 Å². The minimum Gasteiger partial charge on any atom is -0.325 e. The van der Waals surface area contributed by atoms with Gasteiger partial charge in [0.05, 0.1) is 5.69 Å². The summed E-state index contributed by atoms with van der Waals surface area (Å²) in [4.78, 5) is 6.77. The molecule has 2 N–H and O–H groups in total. The number of hydrogen-bond acceptors (Lipinski definition) is 3. The van der Waals surface area contributed by atoms with Crippen molar-refractivity contribution in [3.05, 3.63) is 29.6 Å². The minimum absolute atomic E-state index is 0.536. The number of hydrogen-bond donors (Lipinski definition) is 1. The van der Waals surface area contributed by atoms with E-state index < -0.39 is 0 Å². The number of nitrogens with two attached hydrogens (primary N) is 1. The molecule has 0 bridgehead atoms. The molecular weight excluding hydrogens is 198 g/mol. The molecular formula is C13H21N3. The third-order valence-electron chi connectivity index (χ3n) is 3.19. The molecule has 0 amide bonds. The number of pyridine rings is 1. The first kappa shape index (κ1) is 11.6. The summed E-state index contributed by atoms with van der Waals surface area (Å²) >= 11 is 0. The highest BCUT2D eigenvalue weighted by atomic mass is 15.1. The zero-order valence-electron chi connectivity index (χ0n) is 9.86. The maximum absolute atomic E-state index is 5.60. The van der Waals surface area contributed by atoms with Crippen molar-refractivity contribution in [1.29, 1.82) is 0 Å². The van der Waals surface area contributed by atoms with Crippen LogP contribution in [0, 0.1) is 0 Å². The van der Waals surface area contributed by atoms with E-state index in [1.165, 1.54) is 44.3 Å². The summed E-state index contributed by atoms with van der Waals surface area (Å²) in [7, 11) is 0. The van der Waals surface area contributed by atoms with Crippen LogP contribution in [0.25, 0.3) is 0 Å². The lowest BCUT2D eigenvalue weighted by Crippen LogP contribution is -2.24. The summed E-state index contributed by atoms with van der Waals surface area (Å²) in [6, 6.07) is 4.23. The van der Waals surface area contributed by atoms with Gasteiger partial charge in [0.25, 0.3) is 0 Å². The highest BCUT2D eigenvalue weighted by molar-refractivity contribution is 5.16. The van der Waals surface area contributed by atoms with Gasteiger partial charge in [0.2, 0.25) is 0 Å². The molecule has 1 aromatic heterocycles. The molecule has 2 heterocycles. The second-order valence-corrected chi connectivity index (χ2v) is 4.55. The Kier molecular flexibility index (Phi) is 4.31. The monoisotopic (exact) mass is 219 g/mol. The highest BCUT2D eigenvalue weighted by Gasteiger charge is 2.09. The Hall–Kier alpha value is -0.930. The summed E-state index contributed by atoms with van der Waals surface area (Å²) < 4.78 is 0. The van der Waals surface area contributed by atoms with Gasteiger partial charge in [-0.1, -0.05) is 12.8 Å². The lowest BCUT2D eigenvalue weighted by atomic mass is 10.2. The molecule has 0 radical (unpaired) electrons. The number of aromatic nitrogens is 1.